The summed E-state index contributed by atoms with van der Waals surface area (Å²) in [6.07, 6.45) is 4.43. The minimum Gasteiger partial charge on any atom is -0.321 e. The maximum absolute atomic E-state index is 13.2. The summed E-state index contributed by atoms with van der Waals surface area (Å²) in [5.41, 5.74) is 2.23. The highest BCUT2D eigenvalue weighted by Crippen LogP contribution is 2.27. The summed E-state index contributed by atoms with van der Waals surface area (Å²) in [5, 5.41) is 6.87. The lowest BCUT2D eigenvalue weighted by Gasteiger charge is -2.12. The largest absolute Gasteiger partial charge is 0.321 e. The first-order valence-electron chi connectivity index (χ1n) is 11.8. The average molecular weight is 610 g/mol. The average Bonchev–Trinajstić information content (AvgIpc) is 2.95. The molecule has 9 heteroatoms. The van der Waals surface area contributed by atoms with Crippen LogP contribution >= 0.6 is 46.4 Å². The minimum atomic E-state index is -0.593. The Hall–Kier alpha value is -3.87. The molecule has 40 heavy (non-hydrogen) atoms. The Morgan fingerprint density at radius 1 is 0.675 bits per heavy atom. The van der Waals surface area contributed by atoms with Crippen LogP contribution in [0.5, 0.6) is 0 Å². The van der Waals surface area contributed by atoms with Crippen molar-refractivity contribution in [3.8, 4) is 0 Å². The van der Waals surface area contributed by atoms with Gasteiger partial charge in [0.2, 0.25) is 0 Å². The van der Waals surface area contributed by atoms with Crippen molar-refractivity contribution in [2.24, 2.45) is 0 Å². The van der Waals surface area contributed by atoms with E-state index in [1.54, 1.807) is 91.0 Å². The Morgan fingerprint density at radius 3 is 2.10 bits per heavy atom. The molecule has 0 aliphatic heterocycles. The van der Waals surface area contributed by atoms with Gasteiger partial charge in [0.05, 0.1) is 10.0 Å². The van der Waals surface area contributed by atoms with E-state index in [-0.39, 0.29) is 11.5 Å². The van der Waals surface area contributed by atoms with Crippen molar-refractivity contribution in [3.63, 3.8) is 0 Å². The second-order valence-electron chi connectivity index (χ2n) is 8.42. The molecule has 4 rings (SSSR count). The molecule has 0 spiro atoms. The van der Waals surface area contributed by atoms with Crippen molar-refractivity contribution < 1.29 is 14.4 Å². The molecule has 0 bridgehead atoms. The molecule has 0 unspecified atom stereocenters. The second-order valence-corrected chi connectivity index (χ2v) is 10.0. The zero-order valence-corrected chi connectivity index (χ0v) is 23.7. The number of hydrogen-bond acceptors (Lipinski definition) is 3. The first kappa shape index (κ1) is 29.1. The maximum atomic E-state index is 13.2. The third-order valence-corrected chi connectivity index (χ3v) is 7.01. The number of benzene rings is 4. The number of rotatable bonds is 8. The third kappa shape index (κ3) is 7.62. The predicted molar refractivity (Wildman–Crippen MR) is 163 cm³/mol. The lowest BCUT2D eigenvalue weighted by Crippen LogP contribution is -2.30. The zero-order chi connectivity index (χ0) is 28.6. The van der Waals surface area contributed by atoms with Crippen molar-refractivity contribution in [1.82, 2.24) is 5.32 Å². The molecule has 2 N–H and O–H groups in total. The van der Waals surface area contributed by atoms with Gasteiger partial charge in [-0.25, -0.2) is 0 Å². The van der Waals surface area contributed by atoms with E-state index in [0.29, 0.717) is 48.0 Å². The number of nitrogens with one attached hydrogen (secondary N) is 2. The molecular formula is C31H20Cl4N2O3. The second kappa shape index (κ2) is 13.5. The molecule has 0 atom stereocenters. The highest BCUT2D eigenvalue weighted by molar-refractivity contribution is 6.43. The number of carbonyl (C=O) groups excluding carboxylic acids is 3. The number of amides is 2. The molecule has 200 valence electrons. The normalized spacial score (nSPS) is 11.3. The van der Waals surface area contributed by atoms with Gasteiger partial charge in [-0.2, -0.15) is 0 Å². The van der Waals surface area contributed by atoms with Crippen molar-refractivity contribution in [1.29, 1.82) is 0 Å². The van der Waals surface area contributed by atoms with Gasteiger partial charge in [-0.15, -0.1) is 0 Å². The Balaban J connectivity index is 1.52. The number of allylic oxidation sites excluding steroid dienone is 1. The van der Waals surface area contributed by atoms with Crippen LogP contribution in [0.2, 0.25) is 20.1 Å². The molecule has 5 nitrogen and oxygen atoms in total. The smallest absolute Gasteiger partial charge is 0.272 e. The lowest BCUT2D eigenvalue weighted by atomic mass is 10.1. The van der Waals surface area contributed by atoms with Crippen LogP contribution in [0.25, 0.3) is 12.2 Å². The van der Waals surface area contributed by atoms with Gasteiger partial charge in [-0.05, 0) is 84.0 Å². The van der Waals surface area contributed by atoms with E-state index in [9.17, 15) is 14.4 Å². The number of hydrogen-bond donors (Lipinski definition) is 2. The lowest BCUT2D eigenvalue weighted by molar-refractivity contribution is -0.113. The highest BCUT2D eigenvalue weighted by Gasteiger charge is 2.16. The molecular weight excluding hydrogens is 590 g/mol. The van der Waals surface area contributed by atoms with Crippen LogP contribution in [0.3, 0.4) is 0 Å². The fraction of sp³-hybridized carbons (Fsp3) is 0. The van der Waals surface area contributed by atoms with E-state index in [1.165, 1.54) is 18.2 Å². The first-order chi connectivity index (χ1) is 19.2. The summed E-state index contributed by atoms with van der Waals surface area (Å²) >= 11 is 24.5. The number of anilines is 1. The first-order valence-corrected chi connectivity index (χ1v) is 13.3. The van der Waals surface area contributed by atoms with Gasteiger partial charge >= 0.3 is 0 Å². The number of carbonyl (C=O) groups is 3. The third-order valence-electron chi connectivity index (χ3n) is 5.61. The monoisotopic (exact) mass is 608 g/mol. The van der Waals surface area contributed by atoms with Crippen LogP contribution in [-0.4, -0.2) is 17.6 Å². The van der Waals surface area contributed by atoms with Crippen molar-refractivity contribution in [2.45, 2.75) is 0 Å². The molecule has 0 aliphatic rings. The summed E-state index contributed by atoms with van der Waals surface area (Å²) in [6, 6.07) is 24.7. The summed E-state index contributed by atoms with van der Waals surface area (Å²) in [6.45, 7) is 0. The van der Waals surface area contributed by atoms with Crippen LogP contribution < -0.4 is 10.6 Å². The van der Waals surface area contributed by atoms with E-state index in [1.807, 2.05) is 0 Å². The Kier molecular flexibility index (Phi) is 9.80. The van der Waals surface area contributed by atoms with Crippen LogP contribution in [0.15, 0.2) is 103 Å². The fourth-order valence-corrected chi connectivity index (χ4v) is 4.38. The molecule has 0 aromatic heterocycles. The number of ketones is 1. The zero-order valence-electron chi connectivity index (χ0n) is 20.6. The van der Waals surface area contributed by atoms with Gasteiger partial charge in [0.15, 0.2) is 5.78 Å². The molecule has 0 heterocycles. The summed E-state index contributed by atoms with van der Waals surface area (Å²) < 4.78 is 0. The SMILES string of the molecule is O=C(Nc1ccc(C(=O)/C=C/c2cccc(Cl)c2Cl)cc1)/C(=C/c1ccc(Cl)cc1Cl)NC(=O)c1ccccc1. The Bertz CT molecular complexity index is 1630. The van der Waals surface area contributed by atoms with Crippen molar-refractivity contribution in [3.05, 3.63) is 145 Å². The van der Waals surface area contributed by atoms with Gasteiger partial charge in [0, 0.05) is 26.9 Å². The number of halogens is 4. The topological polar surface area (TPSA) is 75.3 Å². The maximum Gasteiger partial charge on any atom is 0.272 e. The Labute approximate surface area is 251 Å². The van der Waals surface area contributed by atoms with Crippen LogP contribution in [0, 0.1) is 0 Å². The summed E-state index contributed by atoms with van der Waals surface area (Å²) in [4.78, 5) is 38.7. The van der Waals surface area contributed by atoms with Gasteiger partial charge in [0.25, 0.3) is 11.8 Å². The van der Waals surface area contributed by atoms with Crippen molar-refractivity contribution >= 4 is 81.8 Å². The fourth-order valence-electron chi connectivity index (χ4n) is 3.54. The van der Waals surface area contributed by atoms with Gasteiger partial charge in [0.1, 0.15) is 5.70 Å². The molecule has 4 aromatic carbocycles. The van der Waals surface area contributed by atoms with Crippen LogP contribution in [0.1, 0.15) is 31.8 Å². The quantitative estimate of drug-likeness (QED) is 0.155. The van der Waals surface area contributed by atoms with Gasteiger partial charge < -0.3 is 10.6 Å². The van der Waals surface area contributed by atoms with E-state index < -0.39 is 11.8 Å². The highest BCUT2D eigenvalue weighted by atomic mass is 35.5. The Morgan fingerprint density at radius 2 is 1.40 bits per heavy atom. The molecule has 0 radical (unpaired) electrons. The summed E-state index contributed by atoms with van der Waals surface area (Å²) in [7, 11) is 0. The predicted octanol–water partition coefficient (Wildman–Crippen LogP) is 8.61. The van der Waals surface area contributed by atoms with Gasteiger partial charge in [-0.1, -0.05) is 82.8 Å². The molecule has 0 saturated heterocycles. The summed E-state index contributed by atoms with van der Waals surface area (Å²) in [5.74, 6) is -1.33. The van der Waals surface area contributed by atoms with Crippen LogP contribution in [-0.2, 0) is 4.79 Å². The standard InChI is InChI=1S/C31H20Cl4N2O3/c32-23-13-9-22(26(34)18-23)17-27(37-30(39)21-5-2-1-3-6-21)31(40)36-24-14-10-19(11-15-24)28(38)16-12-20-7-4-8-25(33)29(20)35/h1-18H,(H,36,40)(H,37,39)/b16-12+,27-17-. The molecule has 0 aliphatic carbocycles. The van der Waals surface area contributed by atoms with E-state index >= 15 is 0 Å². The molecule has 4 aromatic rings. The molecule has 0 saturated carbocycles. The van der Waals surface area contributed by atoms with Crippen molar-refractivity contribution in [2.75, 3.05) is 5.32 Å². The van der Waals surface area contributed by atoms with E-state index in [2.05, 4.69) is 10.6 Å². The van der Waals surface area contributed by atoms with E-state index in [4.69, 9.17) is 46.4 Å². The van der Waals surface area contributed by atoms with Crippen LogP contribution in [0.4, 0.5) is 5.69 Å². The molecule has 2 amide bonds. The minimum absolute atomic E-state index is 0.0421. The molecule has 0 fully saturated rings. The van der Waals surface area contributed by atoms with Gasteiger partial charge in [-0.3, -0.25) is 14.4 Å². The van der Waals surface area contributed by atoms with E-state index in [0.717, 1.165) is 0 Å².